The average Bonchev–Trinajstić information content (AvgIpc) is 1.61. The summed E-state index contributed by atoms with van der Waals surface area (Å²) in [6.45, 7) is 0. The highest BCUT2D eigenvalue weighted by Crippen LogP contribution is 2.46. The summed E-state index contributed by atoms with van der Waals surface area (Å²) in [6.07, 6.45) is 0. The minimum atomic E-state index is 0.558. The van der Waals surface area contributed by atoms with Crippen molar-refractivity contribution in [3.05, 3.63) is 473 Å². The average molecular weight is 1640 g/mol. The summed E-state index contributed by atoms with van der Waals surface area (Å²) in [5, 5.41) is 4.19. The summed E-state index contributed by atoms with van der Waals surface area (Å²) >= 11 is 0. The molecule has 0 bridgehead atoms. The van der Waals surface area contributed by atoms with E-state index >= 15 is 0 Å². The van der Waals surface area contributed by atoms with E-state index in [4.69, 9.17) is 38.7 Å². The number of hydrogen-bond acceptors (Lipinski definition) is 8. The van der Waals surface area contributed by atoms with Crippen LogP contribution >= 0.6 is 0 Å². The molecule has 0 radical (unpaired) electrons. The fourth-order valence-corrected chi connectivity index (χ4v) is 17.3. The Morgan fingerprint density at radius 2 is 0.289 bits per heavy atom. The molecule has 0 saturated carbocycles. The van der Waals surface area contributed by atoms with Crippen molar-refractivity contribution in [3.63, 3.8) is 0 Å². The monoisotopic (exact) mass is 1630 g/mol. The van der Waals surface area contributed by atoms with Crippen LogP contribution in [0.2, 0.25) is 0 Å². The zero-order valence-electron chi connectivity index (χ0n) is 69.5. The van der Waals surface area contributed by atoms with Gasteiger partial charge in [-0.15, -0.1) is 0 Å². The first-order valence-electron chi connectivity index (χ1n) is 43.1. The van der Waals surface area contributed by atoms with Gasteiger partial charge in [-0.2, -0.15) is 0 Å². The van der Waals surface area contributed by atoms with Gasteiger partial charge >= 0.3 is 0 Å². The predicted molar refractivity (Wildman–Crippen MR) is 527 cm³/mol. The number of rotatable bonds is 17. The zero-order chi connectivity index (χ0) is 85.1. The Morgan fingerprint density at radius 3 is 0.539 bits per heavy atom. The van der Waals surface area contributed by atoms with E-state index in [2.05, 4.69) is 425 Å². The van der Waals surface area contributed by atoms with Gasteiger partial charge in [-0.1, -0.05) is 406 Å². The highest BCUT2D eigenvalue weighted by Gasteiger charge is 2.23. The van der Waals surface area contributed by atoms with Gasteiger partial charge in [-0.25, -0.2) is 29.9 Å². The van der Waals surface area contributed by atoms with Gasteiger partial charge in [0.2, 0.25) is 0 Å². The lowest BCUT2D eigenvalue weighted by molar-refractivity contribution is 0.669. The van der Waals surface area contributed by atoms with Crippen molar-refractivity contribution in [2.45, 2.75) is 0 Å². The molecule has 600 valence electrons. The molecule has 0 N–H and O–H groups in total. The molecule has 0 amide bonds. The number of fused-ring (bicyclic) bond motifs is 6. The molecule has 4 heterocycles. The first-order chi connectivity index (χ1) is 63.4. The Morgan fingerprint density at radius 1 is 0.117 bits per heavy atom. The molecule has 23 aromatic rings. The van der Waals surface area contributed by atoms with Gasteiger partial charge in [0.15, 0.2) is 34.9 Å². The van der Waals surface area contributed by atoms with E-state index in [1.54, 1.807) is 0 Å². The summed E-state index contributed by atoms with van der Waals surface area (Å²) in [5.74, 6) is 3.51. The number of hydrogen-bond donors (Lipinski definition) is 0. The topological polar surface area (TPSA) is 104 Å². The molecule has 23 rings (SSSR count). The van der Waals surface area contributed by atoms with Crippen molar-refractivity contribution in [2.24, 2.45) is 0 Å². The minimum Gasteiger partial charge on any atom is -0.456 e. The second-order valence-corrected chi connectivity index (χ2v) is 32.0. The molecule has 0 atom stereocenters. The largest absolute Gasteiger partial charge is 0.456 e. The summed E-state index contributed by atoms with van der Waals surface area (Å²) in [6, 6.07) is 165. The van der Waals surface area contributed by atoms with Gasteiger partial charge in [-0.05, 0) is 189 Å². The molecule has 19 aromatic carbocycles. The standard InChI is InChI=1S/C63H41N3O.C57H37N3O/c1-6-16-42(17-7-1)47-26-30-49(31-27-47)57-39-54(46-24-14-5-15-25-46)41-59-60(57)56-35-34-51(40-58(56)67-59)62-64-61(50-32-28-48(29-33-50)43-18-8-2-9-19-43)65-63(66-62)55-37-52(44-20-10-3-11-21-44)36-53(38-55)45-22-12-4-13-23-45;1-5-13-38(14-6-1)42-21-27-45(28-22-42)51-35-49(41-19-11-4-12-20-41)37-53-54(51)50-34-33-48(36-52(50)61-53)57-59-55(46-29-23-43(24-30-46)39-15-7-2-8-16-39)58-56(60-57)47-31-25-44(26-32-47)40-17-9-3-10-18-40/h1-41H;1-37H. The fraction of sp³-hybridized carbons (Fsp3) is 0. The van der Waals surface area contributed by atoms with Gasteiger partial charge in [0.05, 0.1) is 0 Å². The van der Waals surface area contributed by atoms with Crippen LogP contribution in [0.3, 0.4) is 0 Å². The molecular weight excluding hydrogens is 1560 g/mol. The van der Waals surface area contributed by atoms with Crippen LogP contribution in [0, 0.1) is 0 Å². The van der Waals surface area contributed by atoms with E-state index in [0.717, 1.165) is 177 Å². The Balaban J connectivity index is 0.000000151. The second-order valence-electron chi connectivity index (χ2n) is 32.0. The van der Waals surface area contributed by atoms with Crippen molar-refractivity contribution in [2.75, 3.05) is 0 Å². The van der Waals surface area contributed by atoms with Crippen LogP contribution in [-0.2, 0) is 0 Å². The molecule has 0 fully saturated rings. The van der Waals surface area contributed by atoms with Gasteiger partial charge in [0.25, 0.3) is 0 Å². The Kier molecular flexibility index (Phi) is 20.6. The fourth-order valence-electron chi connectivity index (χ4n) is 17.3. The first kappa shape index (κ1) is 76.9. The highest BCUT2D eigenvalue weighted by molar-refractivity contribution is 6.16. The van der Waals surface area contributed by atoms with Crippen molar-refractivity contribution in [1.82, 2.24) is 29.9 Å². The maximum absolute atomic E-state index is 6.88. The van der Waals surface area contributed by atoms with Gasteiger partial charge in [0.1, 0.15) is 22.3 Å². The van der Waals surface area contributed by atoms with Gasteiger partial charge < -0.3 is 8.83 Å². The lowest BCUT2D eigenvalue weighted by Gasteiger charge is -2.13. The second kappa shape index (κ2) is 34.3. The molecule has 8 heteroatoms. The Bertz CT molecular complexity index is 7770. The summed E-state index contributed by atoms with van der Waals surface area (Å²) in [7, 11) is 0. The van der Waals surface area contributed by atoms with Gasteiger partial charge in [-0.3, -0.25) is 0 Å². The van der Waals surface area contributed by atoms with Crippen molar-refractivity contribution < 1.29 is 8.83 Å². The molecule has 0 saturated heterocycles. The Hall–Kier alpha value is -17.2. The number of nitrogens with zero attached hydrogens (tertiary/aromatic N) is 6. The summed E-state index contributed by atoms with van der Waals surface area (Å²) < 4.78 is 13.7. The number of benzene rings is 19. The van der Waals surface area contributed by atoms with Crippen LogP contribution in [0.4, 0.5) is 0 Å². The van der Waals surface area contributed by atoms with E-state index in [-0.39, 0.29) is 0 Å². The van der Waals surface area contributed by atoms with Crippen molar-refractivity contribution in [1.29, 1.82) is 0 Å². The first-order valence-corrected chi connectivity index (χ1v) is 43.1. The van der Waals surface area contributed by atoms with Crippen molar-refractivity contribution >= 4 is 43.9 Å². The van der Waals surface area contributed by atoms with E-state index in [0.29, 0.717) is 34.9 Å². The lowest BCUT2D eigenvalue weighted by atomic mass is 9.93. The van der Waals surface area contributed by atoms with Crippen LogP contribution in [0.5, 0.6) is 0 Å². The maximum atomic E-state index is 6.88. The maximum Gasteiger partial charge on any atom is 0.164 e. The molecule has 8 nitrogen and oxygen atoms in total. The SMILES string of the molecule is c1ccc(-c2ccc(-c3nc(-c4cc(-c5ccccc5)cc(-c5ccccc5)c4)nc(-c4ccc5c(c4)oc4cc(-c6ccccc6)cc(-c6ccc(-c7ccccc7)cc6)c45)n3)cc2)cc1.c1ccc(-c2ccc(-c3nc(-c4ccc(-c5ccccc5)cc4)nc(-c4ccc5c(c4)oc4cc(-c6ccccc6)cc(-c6ccc(-c7ccccc7)cc6)c45)n3)cc2)cc1. The normalized spacial score (nSPS) is 11.3. The highest BCUT2D eigenvalue weighted by atomic mass is 16.3. The third kappa shape index (κ3) is 15.8. The van der Waals surface area contributed by atoms with E-state index in [9.17, 15) is 0 Å². The predicted octanol–water partition coefficient (Wildman–Crippen LogP) is 31.9. The molecule has 0 spiro atoms. The van der Waals surface area contributed by atoms with Crippen LogP contribution in [0.15, 0.2) is 482 Å². The molecule has 0 aliphatic heterocycles. The Labute approximate surface area is 741 Å². The number of furan rings is 2. The van der Waals surface area contributed by atoms with Gasteiger partial charge in [0, 0.05) is 54.9 Å². The molecule has 128 heavy (non-hydrogen) atoms. The van der Waals surface area contributed by atoms with E-state index in [1.807, 2.05) is 48.5 Å². The molecule has 0 unspecified atom stereocenters. The number of aromatic nitrogens is 6. The molecule has 4 aromatic heterocycles. The quantitative estimate of drug-likeness (QED) is 0.0888. The van der Waals surface area contributed by atoms with Crippen LogP contribution in [-0.4, -0.2) is 29.9 Å². The van der Waals surface area contributed by atoms with Crippen LogP contribution in [0.25, 0.3) is 235 Å². The molecule has 0 aliphatic carbocycles. The smallest absolute Gasteiger partial charge is 0.164 e. The van der Waals surface area contributed by atoms with Crippen LogP contribution in [0.1, 0.15) is 0 Å². The molecule has 0 aliphatic rings. The lowest BCUT2D eigenvalue weighted by Crippen LogP contribution is -2.00. The molecular formula is C120H78N6O2. The van der Waals surface area contributed by atoms with E-state index < -0.39 is 0 Å². The summed E-state index contributed by atoms with van der Waals surface area (Å²) in [5.41, 5.74) is 33.3. The van der Waals surface area contributed by atoms with Crippen LogP contribution < -0.4 is 0 Å². The van der Waals surface area contributed by atoms with Crippen molar-refractivity contribution in [3.8, 4) is 191 Å². The minimum absolute atomic E-state index is 0.558. The third-order valence-electron chi connectivity index (χ3n) is 23.9. The zero-order valence-corrected chi connectivity index (χ0v) is 69.5. The third-order valence-corrected chi connectivity index (χ3v) is 23.9. The van der Waals surface area contributed by atoms with E-state index in [1.165, 1.54) is 22.3 Å². The summed E-state index contributed by atoms with van der Waals surface area (Å²) in [4.78, 5) is 31.0.